The van der Waals surface area contributed by atoms with Gasteiger partial charge in [0.1, 0.15) is 0 Å². The van der Waals surface area contributed by atoms with Crippen LogP contribution in [0.25, 0.3) is 5.65 Å². The molecule has 0 saturated heterocycles. The van der Waals surface area contributed by atoms with Crippen LogP contribution in [0.15, 0.2) is 18.5 Å². The summed E-state index contributed by atoms with van der Waals surface area (Å²) in [6.45, 7) is 0.291. The summed E-state index contributed by atoms with van der Waals surface area (Å²) in [4.78, 5) is 16.2. The molecule has 9 heteroatoms. The average Bonchev–Trinajstić information content (AvgIpc) is 3.28. The smallest absolute Gasteiger partial charge is 0.349 e. The summed E-state index contributed by atoms with van der Waals surface area (Å²) in [6.07, 6.45) is -0.830. The summed E-state index contributed by atoms with van der Waals surface area (Å²) in [5.74, 6) is -0.372. The van der Waals surface area contributed by atoms with E-state index < -0.39 is 24.9 Å². The van der Waals surface area contributed by atoms with Gasteiger partial charge < -0.3 is 11.1 Å². The van der Waals surface area contributed by atoms with Crippen molar-refractivity contribution in [3.8, 4) is 0 Å². The molecule has 2 heterocycles. The first-order valence-corrected chi connectivity index (χ1v) is 7.76. The van der Waals surface area contributed by atoms with Crippen LogP contribution < -0.4 is 11.1 Å². The molecule has 1 fully saturated rings. The normalized spacial score (nSPS) is 16.3. The molecule has 2 aromatic heterocycles. The third kappa shape index (κ3) is 4.02. The molecule has 3 N–H and O–H groups in total. The molecule has 0 bridgehead atoms. The van der Waals surface area contributed by atoms with E-state index in [0.717, 1.165) is 18.4 Å². The molecule has 1 atom stereocenters. The van der Waals surface area contributed by atoms with E-state index in [4.69, 9.17) is 5.73 Å². The van der Waals surface area contributed by atoms with Crippen molar-refractivity contribution in [2.75, 3.05) is 0 Å². The summed E-state index contributed by atoms with van der Waals surface area (Å²) in [5, 5.41) is 6.95. The van der Waals surface area contributed by atoms with E-state index in [1.807, 2.05) is 0 Å². The Morgan fingerprint density at radius 2 is 2.21 bits per heavy atom. The van der Waals surface area contributed by atoms with Crippen LogP contribution in [0.1, 0.15) is 43.0 Å². The zero-order chi connectivity index (χ0) is 17.3. The zero-order valence-electron chi connectivity index (χ0n) is 12.9. The molecule has 0 spiro atoms. The molecule has 130 valence electrons. The van der Waals surface area contributed by atoms with E-state index in [1.165, 1.54) is 0 Å². The second-order valence-electron chi connectivity index (χ2n) is 6.03. The molecule has 1 aliphatic carbocycles. The van der Waals surface area contributed by atoms with Crippen molar-refractivity contribution in [3.63, 3.8) is 0 Å². The molecule has 1 saturated carbocycles. The zero-order valence-corrected chi connectivity index (χ0v) is 12.9. The second kappa shape index (κ2) is 6.39. The molecule has 0 aliphatic heterocycles. The third-order valence-corrected chi connectivity index (χ3v) is 4.00. The number of hydrogen-bond donors (Lipinski definition) is 2. The fourth-order valence-electron chi connectivity index (χ4n) is 2.61. The first kappa shape index (κ1) is 16.7. The van der Waals surface area contributed by atoms with Crippen LogP contribution >= 0.6 is 0 Å². The Labute approximate surface area is 136 Å². The molecule has 3 rings (SSSR count). The van der Waals surface area contributed by atoms with Crippen molar-refractivity contribution >= 4 is 11.6 Å². The first-order valence-electron chi connectivity index (χ1n) is 7.76. The highest BCUT2D eigenvalue weighted by molar-refractivity contribution is 5.76. The maximum atomic E-state index is 12.2. The fraction of sp³-hybridized carbons (Fsp3) is 0.533. The van der Waals surface area contributed by atoms with Crippen molar-refractivity contribution in [2.45, 2.75) is 44.4 Å². The number of imidazole rings is 1. The highest BCUT2D eigenvalue weighted by atomic mass is 19.4. The van der Waals surface area contributed by atoms with Gasteiger partial charge in [-0.05, 0) is 30.4 Å². The molecule has 1 aliphatic rings. The Morgan fingerprint density at radius 3 is 2.83 bits per heavy atom. The van der Waals surface area contributed by atoms with Gasteiger partial charge >= 0.3 is 6.18 Å². The minimum absolute atomic E-state index is 0.230. The third-order valence-electron chi connectivity index (χ3n) is 4.00. The summed E-state index contributed by atoms with van der Waals surface area (Å²) in [6, 6.07) is 1.46. The van der Waals surface area contributed by atoms with Gasteiger partial charge in [0.15, 0.2) is 5.65 Å². The predicted molar refractivity (Wildman–Crippen MR) is 79.8 cm³/mol. The van der Waals surface area contributed by atoms with E-state index in [0.29, 0.717) is 17.9 Å². The molecule has 24 heavy (non-hydrogen) atoms. The van der Waals surface area contributed by atoms with Gasteiger partial charge in [-0.25, -0.2) is 9.50 Å². The van der Waals surface area contributed by atoms with Crippen molar-refractivity contribution in [1.29, 1.82) is 0 Å². The van der Waals surface area contributed by atoms with Gasteiger partial charge in [0.25, 0.3) is 0 Å². The number of carbonyl (C=O) groups excluding carboxylic acids is 1. The average molecular weight is 341 g/mol. The molecule has 0 aromatic carbocycles. The minimum atomic E-state index is -4.33. The van der Waals surface area contributed by atoms with Crippen LogP contribution in [0.2, 0.25) is 0 Å². The van der Waals surface area contributed by atoms with Gasteiger partial charge in [-0.15, -0.1) is 0 Å². The monoisotopic (exact) mass is 341 g/mol. The van der Waals surface area contributed by atoms with Crippen LogP contribution in [0.3, 0.4) is 0 Å². The molecule has 6 nitrogen and oxygen atoms in total. The van der Waals surface area contributed by atoms with Gasteiger partial charge in [-0.2, -0.15) is 18.3 Å². The Morgan fingerprint density at radius 1 is 1.46 bits per heavy atom. The van der Waals surface area contributed by atoms with E-state index in [-0.39, 0.29) is 12.0 Å². The van der Waals surface area contributed by atoms with Gasteiger partial charge in [-0.3, -0.25) is 4.79 Å². The largest absolute Gasteiger partial charge is 0.389 e. The summed E-state index contributed by atoms with van der Waals surface area (Å²) in [5.41, 5.74) is 7.59. The molecule has 1 unspecified atom stereocenters. The van der Waals surface area contributed by atoms with Gasteiger partial charge in [-0.1, -0.05) is 0 Å². The first-order chi connectivity index (χ1) is 11.4. The number of nitrogens with two attached hydrogens (primary N) is 1. The molecule has 0 radical (unpaired) electrons. The molecular formula is C15H18F3N5O. The number of rotatable bonds is 6. The Hall–Kier alpha value is -2.16. The Kier molecular flexibility index (Phi) is 4.44. The number of hydrogen-bond acceptors (Lipinski definition) is 4. The summed E-state index contributed by atoms with van der Waals surface area (Å²) >= 11 is 0. The minimum Gasteiger partial charge on any atom is -0.349 e. The Balaban J connectivity index is 1.74. The van der Waals surface area contributed by atoms with Crippen molar-refractivity contribution in [1.82, 2.24) is 19.9 Å². The van der Waals surface area contributed by atoms with E-state index in [1.54, 1.807) is 23.0 Å². The van der Waals surface area contributed by atoms with Gasteiger partial charge in [0, 0.05) is 13.0 Å². The van der Waals surface area contributed by atoms with Crippen LogP contribution in [-0.4, -0.2) is 26.7 Å². The highest BCUT2D eigenvalue weighted by Gasteiger charge is 2.35. The number of halogens is 3. The topological polar surface area (TPSA) is 85.3 Å². The van der Waals surface area contributed by atoms with Crippen LogP contribution in [0, 0.1) is 5.92 Å². The lowest BCUT2D eigenvalue weighted by Gasteiger charge is -2.19. The summed E-state index contributed by atoms with van der Waals surface area (Å²) in [7, 11) is 0. The van der Waals surface area contributed by atoms with Crippen LogP contribution in [-0.2, 0) is 11.3 Å². The molecular weight excluding hydrogens is 323 g/mol. The number of fused-ring (bicyclic) bond motifs is 1. The SMILES string of the molecule is NCc1cn2ncc(C(NC(=O)CCC(F)(F)F)C3CC3)cc2n1. The second-order valence-corrected chi connectivity index (χ2v) is 6.03. The number of nitrogens with one attached hydrogen (secondary N) is 1. The predicted octanol–water partition coefficient (Wildman–Crippen LogP) is 2.10. The number of carbonyl (C=O) groups is 1. The highest BCUT2D eigenvalue weighted by Crippen LogP contribution is 2.41. The lowest BCUT2D eigenvalue weighted by Crippen LogP contribution is -2.30. The van der Waals surface area contributed by atoms with Gasteiger partial charge in [0.2, 0.25) is 5.91 Å². The van der Waals surface area contributed by atoms with E-state index in [9.17, 15) is 18.0 Å². The number of alkyl halides is 3. The summed E-state index contributed by atoms with van der Waals surface area (Å²) < 4.78 is 38.3. The number of aromatic nitrogens is 3. The van der Waals surface area contributed by atoms with E-state index >= 15 is 0 Å². The van der Waals surface area contributed by atoms with Crippen LogP contribution in [0.4, 0.5) is 13.2 Å². The quantitative estimate of drug-likeness (QED) is 0.843. The lowest BCUT2D eigenvalue weighted by molar-refractivity contribution is -0.144. The van der Waals surface area contributed by atoms with Crippen molar-refractivity contribution in [2.24, 2.45) is 11.7 Å². The van der Waals surface area contributed by atoms with Crippen molar-refractivity contribution < 1.29 is 18.0 Å². The van der Waals surface area contributed by atoms with E-state index in [2.05, 4.69) is 15.4 Å². The van der Waals surface area contributed by atoms with Crippen molar-refractivity contribution in [3.05, 3.63) is 29.7 Å². The van der Waals surface area contributed by atoms with Gasteiger partial charge in [0.05, 0.1) is 30.6 Å². The standard InChI is InChI=1S/C15H18F3N5O/c16-15(17,18)4-3-13(24)22-14(9-1-2-9)10-5-12-21-11(6-19)8-23(12)20-7-10/h5,7-9,14H,1-4,6,19H2,(H,22,24). The Bertz CT molecular complexity index is 738. The fourth-order valence-corrected chi connectivity index (χ4v) is 2.61. The molecule has 1 amide bonds. The number of amides is 1. The maximum Gasteiger partial charge on any atom is 0.389 e. The molecule has 2 aromatic rings. The van der Waals surface area contributed by atoms with Crippen LogP contribution in [0.5, 0.6) is 0 Å². The number of nitrogens with zero attached hydrogens (tertiary/aromatic N) is 3. The lowest BCUT2D eigenvalue weighted by atomic mass is 10.0. The maximum absolute atomic E-state index is 12.2.